The van der Waals surface area contributed by atoms with Crippen LogP contribution >= 0.6 is 11.6 Å². The Hall–Kier alpha value is -2.66. The summed E-state index contributed by atoms with van der Waals surface area (Å²) in [6.07, 6.45) is 0.333. The molecule has 1 aromatic heterocycles. The summed E-state index contributed by atoms with van der Waals surface area (Å²) in [5.74, 6) is 0.904. The summed E-state index contributed by atoms with van der Waals surface area (Å²) in [5, 5.41) is 4.64. The maximum Gasteiger partial charge on any atom is 0.232 e. The average Bonchev–Trinajstić information content (AvgIpc) is 3.23. The lowest BCUT2D eigenvalue weighted by molar-refractivity contribution is -0.117. The highest BCUT2D eigenvalue weighted by molar-refractivity contribution is 6.34. The number of carbonyl (C=O) groups excluding carboxylic acids is 1. The van der Waals surface area contributed by atoms with Gasteiger partial charge < -0.3 is 9.42 Å². The minimum absolute atomic E-state index is 0.0100. The predicted molar refractivity (Wildman–Crippen MR) is 100 cm³/mol. The molecule has 3 aromatic rings. The number of aromatic nitrogens is 2. The van der Waals surface area contributed by atoms with Crippen LogP contribution in [0.25, 0.3) is 11.4 Å². The normalized spacial score (nSPS) is 17.1. The lowest BCUT2D eigenvalue weighted by Gasteiger charge is -2.18. The Morgan fingerprint density at radius 2 is 1.85 bits per heavy atom. The minimum Gasteiger partial charge on any atom is -0.339 e. The summed E-state index contributed by atoms with van der Waals surface area (Å²) in [4.78, 5) is 18.7. The Morgan fingerprint density at radius 1 is 1.12 bits per heavy atom. The van der Waals surface area contributed by atoms with E-state index in [1.54, 1.807) is 4.90 Å². The van der Waals surface area contributed by atoms with Gasteiger partial charge >= 0.3 is 0 Å². The molecule has 1 amide bonds. The van der Waals surface area contributed by atoms with E-state index in [4.69, 9.17) is 16.1 Å². The molecule has 2 heterocycles. The lowest BCUT2D eigenvalue weighted by atomic mass is 10.1. The zero-order valence-electron chi connectivity index (χ0n) is 14.6. The van der Waals surface area contributed by atoms with Crippen LogP contribution in [0.3, 0.4) is 0 Å². The Balaban J connectivity index is 1.56. The molecule has 1 atom stereocenters. The molecule has 5 nitrogen and oxygen atoms in total. The molecule has 0 bridgehead atoms. The third-order valence-corrected chi connectivity index (χ3v) is 4.92. The summed E-state index contributed by atoms with van der Waals surface area (Å²) >= 11 is 6.32. The van der Waals surface area contributed by atoms with Gasteiger partial charge in [-0.1, -0.05) is 52.7 Å². The smallest absolute Gasteiger partial charge is 0.232 e. The van der Waals surface area contributed by atoms with Crippen molar-refractivity contribution in [3.8, 4) is 11.4 Å². The van der Waals surface area contributed by atoms with Crippen molar-refractivity contribution in [3.63, 3.8) is 0 Å². The molecule has 26 heavy (non-hydrogen) atoms. The highest BCUT2D eigenvalue weighted by Crippen LogP contribution is 2.35. The third kappa shape index (κ3) is 3.10. The van der Waals surface area contributed by atoms with Gasteiger partial charge in [-0.15, -0.1) is 0 Å². The van der Waals surface area contributed by atoms with E-state index in [1.807, 2.05) is 56.3 Å². The molecule has 0 saturated carbocycles. The van der Waals surface area contributed by atoms with Gasteiger partial charge in [-0.05, 0) is 31.5 Å². The van der Waals surface area contributed by atoms with Gasteiger partial charge in [-0.2, -0.15) is 4.98 Å². The van der Waals surface area contributed by atoms with Gasteiger partial charge in [0, 0.05) is 18.5 Å². The second kappa shape index (κ2) is 6.57. The Bertz CT molecular complexity index is 965. The first-order valence-corrected chi connectivity index (χ1v) is 8.86. The lowest BCUT2D eigenvalue weighted by Crippen LogP contribution is -2.24. The van der Waals surface area contributed by atoms with Crippen LogP contribution in [0.4, 0.5) is 5.69 Å². The number of amides is 1. The van der Waals surface area contributed by atoms with Crippen molar-refractivity contribution in [2.24, 2.45) is 0 Å². The minimum atomic E-state index is -0.133. The number of hydrogen-bond acceptors (Lipinski definition) is 4. The quantitative estimate of drug-likeness (QED) is 0.682. The molecule has 4 rings (SSSR count). The monoisotopic (exact) mass is 367 g/mol. The number of rotatable bonds is 3. The van der Waals surface area contributed by atoms with Gasteiger partial charge in [0.05, 0.1) is 16.6 Å². The van der Waals surface area contributed by atoms with Crippen molar-refractivity contribution >= 4 is 23.2 Å². The van der Waals surface area contributed by atoms with E-state index in [0.717, 1.165) is 16.8 Å². The first kappa shape index (κ1) is 16.8. The number of anilines is 1. The van der Waals surface area contributed by atoms with E-state index >= 15 is 0 Å². The molecule has 0 spiro atoms. The highest BCUT2D eigenvalue weighted by Gasteiger charge is 2.36. The van der Waals surface area contributed by atoms with Gasteiger partial charge in [0.1, 0.15) is 0 Å². The molecule has 0 N–H and O–H groups in total. The maximum absolute atomic E-state index is 12.5. The van der Waals surface area contributed by atoms with Crippen LogP contribution in [0.5, 0.6) is 0 Å². The van der Waals surface area contributed by atoms with E-state index < -0.39 is 0 Å². The van der Waals surface area contributed by atoms with Crippen molar-refractivity contribution in [2.45, 2.75) is 26.2 Å². The van der Waals surface area contributed by atoms with Crippen molar-refractivity contribution < 1.29 is 9.32 Å². The zero-order chi connectivity index (χ0) is 18.3. The second-order valence-electron chi connectivity index (χ2n) is 6.68. The van der Waals surface area contributed by atoms with Gasteiger partial charge in [0.15, 0.2) is 0 Å². The average molecular weight is 368 g/mol. The molecule has 2 aromatic carbocycles. The summed E-state index contributed by atoms with van der Waals surface area (Å²) in [6.45, 7) is 4.48. The number of carbonyl (C=O) groups is 1. The SMILES string of the molecule is Cc1ccc(-c2noc(C3CC(=O)N(c4ccc(C)cc4Cl)C3)n2)cc1. The number of aryl methyl sites for hydroxylation is 2. The van der Waals surface area contributed by atoms with Gasteiger partial charge in [-0.3, -0.25) is 4.79 Å². The van der Waals surface area contributed by atoms with Gasteiger partial charge in [0.2, 0.25) is 17.6 Å². The van der Waals surface area contributed by atoms with Gasteiger partial charge in [0.25, 0.3) is 0 Å². The molecule has 6 heteroatoms. The number of halogens is 1. The van der Waals surface area contributed by atoms with E-state index in [0.29, 0.717) is 29.7 Å². The molecule has 1 fully saturated rings. The van der Waals surface area contributed by atoms with E-state index in [1.165, 1.54) is 5.56 Å². The van der Waals surface area contributed by atoms with E-state index in [-0.39, 0.29) is 11.8 Å². The largest absolute Gasteiger partial charge is 0.339 e. The van der Waals surface area contributed by atoms with Crippen LogP contribution in [0.1, 0.15) is 29.4 Å². The molecular weight excluding hydrogens is 350 g/mol. The second-order valence-corrected chi connectivity index (χ2v) is 7.09. The molecule has 1 aliphatic rings. The number of hydrogen-bond donors (Lipinski definition) is 0. The number of benzene rings is 2. The van der Waals surface area contributed by atoms with Crippen molar-refractivity contribution in [2.75, 3.05) is 11.4 Å². The van der Waals surface area contributed by atoms with Crippen LogP contribution in [0, 0.1) is 13.8 Å². The zero-order valence-corrected chi connectivity index (χ0v) is 15.3. The van der Waals surface area contributed by atoms with Crippen molar-refractivity contribution in [3.05, 3.63) is 64.5 Å². The maximum atomic E-state index is 12.5. The predicted octanol–water partition coefficient (Wildman–Crippen LogP) is 4.53. The Kier molecular flexibility index (Phi) is 4.24. The molecular formula is C20H18ClN3O2. The molecule has 0 radical (unpaired) electrons. The van der Waals surface area contributed by atoms with Gasteiger partial charge in [-0.25, -0.2) is 0 Å². The molecule has 1 unspecified atom stereocenters. The van der Waals surface area contributed by atoms with Crippen molar-refractivity contribution in [1.29, 1.82) is 0 Å². The number of nitrogens with zero attached hydrogens (tertiary/aromatic N) is 3. The third-order valence-electron chi connectivity index (χ3n) is 4.62. The molecule has 0 aliphatic carbocycles. The Morgan fingerprint density at radius 3 is 2.58 bits per heavy atom. The van der Waals surface area contributed by atoms with Crippen LogP contribution < -0.4 is 4.90 Å². The van der Waals surface area contributed by atoms with Crippen LogP contribution in [-0.4, -0.2) is 22.6 Å². The Labute approximate surface area is 156 Å². The van der Waals surface area contributed by atoms with Crippen LogP contribution in [0.2, 0.25) is 5.02 Å². The highest BCUT2D eigenvalue weighted by atomic mass is 35.5. The van der Waals surface area contributed by atoms with E-state index in [9.17, 15) is 4.79 Å². The summed E-state index contributed by atoms with van der Waals surface area (Å²) in [5.41, 5.74) is 3.85. The van der Waals surface area contributed by atoms with Crippen molar-refractivity contribution in [1.82, 2.24) is 10.1 Å². The van der Waals surface area contributed by atoms with Crippen LogP contribution in [0.15, 0.2) is 47.0 Å². The van der Waals surface area contributed by atoms with Crippen LogP contribution in [-0.2, 0) is 4.79 Å². The summed E-state index contributed by atoms with van der Waals surface area (Å²) in [7, 11) is 0. The first-order valence-electron chi connectivity index (χ1n) is 8.48. The fraction of sp³-hybridized carbons (Fsp3) is 0.250. The fourth-order valence-corrected chi connectivity index (χ4v) is 3.49. The molecule has 1 aliphatic heterocycles. The molecule has 132 valence electrons. The summed E-state index contributed by atoms with van der Waals surface area (Å²) < 4.78 is 5.44. The molecule has 1 saturated heterocycles. The fourth-order valence-electron chi connectivity index (χ4n) is 3.16. The van der Waals surface area contributed by atoms with E-state index in [2.05, 4.69) is 10.1 Å². The first-order chi connectivity index (χ1) is 12.5. The summed E-state index contributed by atoms with van der Waals surface area (Å²) in [6, 6.07) is 13.6. The topological polar surface area (TPSA) is 59.2 Å². The standard InChI is InChI=1S/C20H18ClN3O2/c1-12-3-6-14(7-4-12)19-22-20(26-23-19)15-10-18(25)24(11-15)17-8-5-13(2)9-16(17)21/h3-9,15H,10-11H2,1-2H3.